The molecule has 1 unspecified atom stereocenters. The molecule has 0 heterocycles. The molecule has 2 N–H and O–H groups in total. The highest BCUT2D eigenvalue weighted by atomic mass is 15.2. The van der Waals surface area contributed by atoms with Gasteiger partial charge in [-0.1, -0.05) is 6.92 Å². The van der Waals surface area contributed by atoms with Gasteiger partial charge in [0, 0.05) is 18.6 Å². The minimum atomic E-state index is 0.303. The molecule has 0 radical (unpaired) electrons. The second-order valence-corrected chi connectivity index (χ2v) is 5.32. The summed E-state index contributed by atoms with van der Waals surface area (Å²) in [5, 5.41) is 0. The number of hydrogen-bond donors (Lipinski definition) is 1. The summed E-state index contributed by atoms with van der Waals surface area (Å²) in [4.78, 5) is 2.64. The maximum absolute atomic E-state index is 5.98. The van der Waals surface area contributed by atoms with E-state index in [0.717, 1.165) is 18.4 Å². The van der Waals surface area contributed by atoms with Gasteiger partial charge >= 0.3 is 0 Å². The Labute approximate surface area is 87.8 Å². The average molecular weight is 196 g/mol. The Kier molecular flexibility index (Phi) is 2.85. The fourth-order valence-corrected chi connectivity index (χ4v) is 2.57. The van der Waals surface area contributed by atoms with Gasteiger partial charge in [-0.05, 0) is 51.0 Å². The van der Waals surface area contributed by atoms with Crippen LogP contribution in [0.3, 0.4) is 0 Å². The minimum Gasteiger partial charge on any atom is -0.329 e. The quantitative estimate of drug-likeness (QED) is 0.702. The highest BCUT2D eigenvalue weighted by molar-refractivity contribution is 5.01. The SMILES string of the molecule is CCN(CC1CC1)C(C)(CN)C1CC1. The van der Waals surface area contributed by atoms with Gasteiger partial charge in [-0.3, -0.25) is 4.90 Å². The van der Waals surface area contributed by atoms with E-state index in [4.69, 9.17) is 5.73 Å². The van der Waals surface area contributed by atoms with E-state index in [0.29, 0.717) is 5.54 Å². The van der Waals surface area contributed by atoms with Gasteiger partial charge in [-0.25, -0.2) is 0 Å². The normalized spacial score (nSPS) is 26.6. The predicted octanol–water partition coefficient (Wildman–Crippen LogP) is 1.85. The zero-order chi connectivity index (χ0) is 10.2. The smallest absolute Gasteiger partial charge is 0.0331 e. The fraction of sp³-hybridized carbons (Fsp3) is 1.00. The van der Waals surface area contributed by atoms with Crippen LogP contribution in [0.2, 0.25) is 0 Å². The lowest BCUT2D eigenvalue weighted by Crippen LogP contribution is -2.54. The first-order chi connectivity index (χ1) is 6.70. The molecule has 1 atom stereocenters. The third kappa shape index (κ3) is 1.96. The number of rotatable bonds is 6. The van der Waals surface area contributed by atoms with Crippen LogP contribution in [0.15, 0.2) is 0 Å². The topological polar surface area (TPSA) is 29.3 Å². The Hall–Kier alpha value is -0.0800. The van der Waals surface area contributed by atoms with Gasteiger partial charge in [0.25, 0.3) is 0 Å². The van der Waals surface area contributed by atoms with E-state index >= 15 is 0 Å². The highest BCUT2D eigenvalue weighted by Gasteiger charge is 2.45. The molecule has 0 aromatic rings. The lowest BCUT2D eigenvalue weighted by Gasteiger charge is -2.41. The van der Waals surface area contributed by atoms with Crippen molar-refractivity contribution in [1.29, 1.82) is 0 Å². The van der Waals surface area contributed by atoms with Gasteiger partial charge < -0.3 is 5.73 Å². The van der Waals surface area contributed by atoms with Gasteiger partial charge in [0.05, 0.1) is 0 Å². The molecule has 0 amide bonds. The van der Waals surface area contributed by atoms with E-state index in [1.807, 2.05) is 0 Å². The molecule has 0 spiro atoms. The molecule has 0 aromatic heterocycles. The van der Waals surface area contributed by atoms with Crippen LogP contribution in [0, 0.1) is 11.8 Å². The van der Waals surface area contributed by atoms with Crippen LogP contribution in [0.5, 0.6) is 0 Å². The Morgan fingerprint density at radius 1 is 1.29 bits per heavy atom. The lowest BCUT2D eigenvalue weighted by atomic mass is 9.93. The Morgan fingerprint density at radius 3 is 2.29 bits per heavy atom. The second kappa shape index (κ2) is 3.82. The molecular weight excluding hydrogens is 172 g/mol. The molecule has 2 rings (SSSR count). The van der Waals surface area contributed by atoms with Crippen LogP contribution in [0.25, 0.3) is 0 Å². The fourth-order valence-electron chi connectivity index (χ4n) is 2.57. The molecule has 2 aliphatic rings. The summed E-state index contributed by atoms with van der Waals surface area (Å²) in [7, 11) is 0. The maximum atomic E-state index is 5.98. The van der Waals surface area contributed by atoms with Crippen LogP contribution in [-0.2, 0) is 0 Å². The monoisotopic (exact) mass is 196 g/mol. The molecule has 2 heteroatoms. The largest absolute Gasteiger partial charge is 0.329 e. The standard InChI is InChI=1S/C12H24N2/c1-3-14(8-10-4-5-10)12(2,9-13)11-6-7-11/h10-11H,3-9,13H2,1-2H3. The van der Waals surface area contributed by atoms with E-state index in [9.17, 15) is 0 Å². The first-order valence-corrected chi connectivity index (χ1v) is 6.15. The molecule has 82 valence electrons. The average Bonchev–Trinajstić information content (AvgIpc) is 3.04. The van der Waals surface area contributed by atoms with E-state index in [1.54, 1.807) is 0 Å². The van der Waals surface area contributed by atoms with E-state index in [-0.39, 0.29) is 0 Å². The molecule has 0 saturated heterocycles. The van der Waals surface area contributed by atoms with Crippen LogP contribution in [0.4, 0.5) is 0 Å². The number of likely N-dealkylation sites (N-methyl/N-ethyl adjacent to an activating group) is 1. The van der Waals surface area contributed by atoms with Crippen molar-refractivity contribution >= 4 is 0 Å². The molecule has 14 heavy (non-hydrogen) atoms. The van der Waals surface area contributed by atoms with Crippen LogP contribution in [-0.4, -0.2) is 30.1 Å². The van der Waals surface area contributed by atoms with Crippen LogP contribution in [0.1, 0.15) is 39.5 Å². The molecule has 0 aromatic carbocycles. The lowest BCUT2D eigenvalue weighted by molar-refractivity contribution is 0.0898. The first kappa shape index (κ1) is 10.4. The van der Waals surface area contributed by atoms with Crippen LogP contribution < -0.4 is 5.73 Å². The summed E-state index contributed by atoms with van der Waals surface area (Å²) in [6.45, 7) is 7.94. The summed E-state index contributed by atoms with van der Waals surface area (Å²) in [5.41, 5.74) is 6.28. The van der Waals surface area contributed by atoms with Crippen molar-refractivity contribution in [2.45, 2.75) is 45.1 Å². The second-order valence-electron chi connectivity index (χ2n) is 5.32. The van der Waals surface area contributed by atoms with Crippen molar-refractivity contribution in [3.63, 3.8) is 0 Å². The summed E-state index contributed by atoms with van der Waals surface area (Å²) in [6, 6.07) is 0. The van der Waals surface area contributed by atoms with Crippen molar-refractivity contribution in [1.82, 2.24) is 4.90 Å². The third-order valence-electron chi connectivity index (χ3n) is 4.15. The number of nitrogens with zero attached hydrogens (tertiary/aromatic N) is 1. The summed E-state index contributed by atoms with van der Waals surface area (Å²) in [6.07, 6.45) is 5.69. The van der Waals surface area contributed by atoms with E-state index < -0.39 is 0 Å². The molecule has 2 aliphatic carbocycles. The van der Waals surface area contributed by atoms with Crippen LogP contribution >= 0.6 is 0 Å². The Bertz CT molecular complexity index is 196. The summed E-state index contributed by atoms with van der Waals surface area (Å²) < 4.78 is 0. The van der Waals surface area contributed by atoms with Gasteiger partial charge in [-0.15, -0.1) is 0 Å². The van der Waals surface area contributed by atoms with E-state index in [2.05, 4.69) is 18.7 Å². The van der Waals surface area contributed by atoms with Gasteiger partial charge in [0.2, 0.25) is 0 Å². The molecule has 2 saturated carbocycles. The molecular formula is C12H24N2. The van der Waals surface area contributed by atoms with Crippen molar-refractivity contribution in [3.8, 4) is 0 Å². The van der Waals surface area contributed by atoms with Crippen molar-refractivity contribution in [3.05, 3.63) is 0 Å². The van der Waals surface area contributed by atoms with Crippen molar-refractivity contribution in [2.75, 3.05) is 19.6 Å². The van der Waals surface area contributed by atoms with Gasteiger partial charge in [0.1, 0.15) is 0 Å². The Morgan fingerprint density at radius 2 is 1.93 bits per heavy atom. The third-order valence-corrected chi connectivity index (χ3v) is 4.15. The number of hydrogen-bond acceptors (Lipinski definition) is 2. The molecule has 2 fully saturated rings. The van der Waals surface area contributed by atoms with Crippen molar-refractivity contribution < 1.29 is 0 Å². The molecule has 0 aliphatic heterocycles. The highest BCUT2D eigenvalue weighted by Crippen LogP contribution is 2.44. The van der Waals surface area contributed by atoms with Crippen molar-refractivity contribution in [2.24, 2.45) is 17.6 Å². The van der Waals surface area contributed by atoms with Gasteiger partial charge in [-0.2, -0.15) is 0 Å². The summed E-state index contributed by atoms with van der Waals surface area (Å²) in [5.74, 6) is 1.87. The summed E-state index contributed by atoms with van der Waals surface area (Å²) >= 11 is 0. The molecule has 0 bridgehead atoms. The zero-order valence-corrected chi connectivity index (χ0v) is 9.63. The maximum Gasteiger partial charge on any atom is 0.0331 e. The van der Waals surface area contributed by atoms with E-state index in [1.165, 1.54) is 38.8 Å². The first-order valence-electron chi connectivity index (χ1n) is 6.15. The predicted molar refractivity (Wildman–Crippen MR) is 60.2 cm³/mol. The molecule has 2 nitrogen and oxygen atoms in total. The minimum absolute atomic E-state index is 0.303. The van der Waals surface area contributed by atoms with Gasteiger partial charge in [0.15, 0.2) is 0 Å². The Balaban J connectivity index is 1.97. The zero-order valence-electron chi connectivity index (χ0n) is 9.63. The number of nitrogens with two attached hydrogens (primary N) is 1.